The lowest BCUT2D eigenvalue weighted by Gasteiger charge is -2.23. The van der Waals surface area contributed by atoms with Crippen molar-refractivity contribution in [3.8, 4) is 0 Å². The van der Waals surface area contributed by atoms with Gasteiger partial charge in [0.05, 0.1) is 35.0 Å². The third-order valence-corrected chi connectivity index (χ3v) is 7.20. The van der Waals surface area contributed by atoms with Crippen LogP contribution in [0, 0.1) is 10.1 Å². The van der Waals surface area contributed by atoms with Crippen molar-refractivity contribution < 1.29 is 19.2 Å². The van der Waals surface area contributed by atoms with Crippen LogP contribution in [0.1, 0.15) is 76.7 Å². The number of benzene rings is 2. The first-order valence-corrected chi connectivity index (χ1v) is 15.7. The van der Waals surface area contributed by atoms with Crippen molar-refractivity contribution in [1.29, 1.82) is 0 Å². The lowest BCUT2D eigenvalue weighted by atomic mass is 10.1. The first-order chi connectivity index (χ1) is 22.1. The molecule has 1 aromatic heterocycles. The van der Waals surface area contributed by atoms with E-state index in [1.807, 2.05) is 45.0 Å². The van der Waals surface area contributed by atoms with Gasteiger partial charge >= 0.3 is 6.09 Å². The summed E-state index contributed by atoms with van der Waals surface area (Å²) in [4.78, 5) is 55.6. The molecule has 0 fully saturated rings. The fourth-order valence-electron chi connectivity index (χ4n) is 4.61. The summed E-state index contributed by atoms with van der Waals surface area (Å²) in [6, 6.07) is 14.8. The molecule has 46 heavy (non-hydrogen) atoms. The van der Waals surface area contributed by atoms with E-state index in [2.05, 4.69) is 30.4 Å². The summed E-state index contributed by atoms with van der Waals surface area (Å²) in [5.41, 5.74) is 2.57. The molecule has 0 radical (unpaired) electrons. The molecule has 0 aliphatic rings. The van der Waals surface area contributed by atoms with Gasteiger partial charge < -0.3 is 19.9 Å². The van der Waals surface area contributed by atoms with Gasteiger partial charge in [0, 0.05) is 43.4 Å². The summed E-state index contributed by atoms with van der Waals surface area (Å²) >= 11 is 0. The molecule has 0 saturated heterocycles. The largest absolute Gasteiger partial charge is 0.448 e. The topological polar surface area (TPSA) is 172 Å². The highest BCUT2D eigenvalue weighted by molar-refractivity contribution is 5.80. The Hall–Kier alpha value is -4.94. The molecule has 0 aliphatic carbocycles. The molecule has 2 aromatic carbocycles. The minimum Gasteiger partial charge on any atom is -0.448 e. The van der Waals surface area contributed by atoms with Crippen LogP contribution in [0.3, 0.4) is 0 Å². The van der Waals surface area contributed by atoms with E-state index in [1.54, 1.807) is 0 Å². The number of Topliss-reactive ketones (excluding diaryl/α,β-unsaturated/α-hetero) is 1. The number of carbonyl (C=O) groups is 2. The zero-order valence-electron chi connectivity index (χ0n) is 26.7. The van der Waals surface area contributed by atoms with Gasteiger partial charge in [0.1, 0.15) is 18.2 Å². The van der Waals surface area contributed by atoms with E-state index < -0.39 is 11.0 Å². The maximum atomic E-state index is 12.3. The number of ketones is 1. The predicted molar refractivity (Wildman–Crippen MR) is 176 cm³/mol. The summed E-state index contributed by atoms with van der Waals surface area (Å²) in [6.07, 6.45) is 4.58. The molecule has 3 aromatic rings. The number of hydrogen-bond donors (Lipinski definition) is 2. The van der Waals surface area contributed by atoms with Crippen LogP contribution in [-0.4, -0.2) is 53.0 Å². The molecule has 0 aliphatic heterocycles. The maximum Gasteiger partial charge on any atom is 0.407 e. The molecule has 1 heterocycles. The van der Waals surface area contributed by atoms with Gasteiger partial charge in [0.15, 0.2) is 0 Å². The van der Waals surface area contributed by atoms with Crippen molar-refractivity contribution in [3.05, 3.63) is 86.6 Å². The van der Waals surface area contributed by atoms with Crippen LogP contribution in [0.4, 0.5) is 27.5 Å². The van der Waals surface area contributed by atoms with E-state index in [0.717, 1.165) is 44.3 Å². The average molecular weight is 634 g/mol. The van der Waals surface area contributed by atoms with E-state index in [-0.39, 0.29) is 36.0 Å². The highest BCUT2D eigenvalue weighted by Gasteiger charge is 2.10. The minimum atomic E-state index is -0.463. The van der Waals surface area contributed by atoms with E-state index in [0.29, 0.717) is 42.4 Å². The van der Waals surface area contributed by atoms with Crippen LogP contribution in [0.15, 0.2) is 69.6 Å². The standard InChI is InChI=1S/C33H43N7O6/c1-4-39(27-15-11-25(12-16-27)37-38-26-13-17-28(18-14-26)40(44)45)20-21-46-33(43)34-19-9-7-5-6-8-10-29(41)22-31-35-30(24(2)3)23-32(42)36-31/h11-18,23-24H,4-10,19-22H2,1-3H3,(H,34,43)(H,35,36,42). The number of anilines is 1. The molecule has 1 amide bonds. The Kier molecular flexibility index (Phi) is 14.5. The molecule has 0 saturated carbocycles. The summed E-state index contributed by atoms with van der Waals surface area (Å²) in [5.74, 6) is 0.619. The van der Waals surface area contributed by atoms with E-state index >= 15 is 0 Å². The number of aromatic amines is 1. The number of rotatable bonds is 19. The molecule has 0 bridgehead atoms. The number of azo groups is 1. The number of non-ortho nitro benzene ring substituents is 1. The molecule has 2 N–H and O–H groups in total. The van der Waals surface area contributed by atoms with Crippen molar-refractivity contribution in [2.24, 2.45) is 10.2 Å². The van der Waals surface area contributed by atoms with Crippen LogP contribution in [0.2, 0.25) is 0 Å². The predicted octanol–water partition coefficient (Wildman–Crippen LogP) is 6.92. The first-order valence-electron chi connectivity index (χ1n) is 15.7. The van der Waals surface area contributed by atoms with Crippen molar-refractivity contribution >= 4 is 34.6 Å². The lowest BCUT2D eigenvalue weighted by Crippen LogP contribution is -2.31. The minimum absolute atomic E-state index is 0.00179. The van der Waals surface area contributed by atoms with Crippen LogP contribution in [-0.2, 0) is 16.0 Å². The number of unbranched alkanes of at least 4 members (excludes halogenated alkanes) is 4. The number of likely N-dealkylation sites (N-methyl/N-ethyl adjacent to an activating group) is 1. The Morgan fingerprint density at radius 2 is 1.63 bits per heavy atom. The first kappa shape index (κ1) is 35.5. The molecule has 3 rings (SSSR count). The Balaban J connectivity index is 1.25. The maximum absolute atomic E-state index is 12.3. The van der Waals surface area contributed by atoms with Crippen LogP contribution < -0.4 is 15.8 Å². The highest BCUT2D eigenvalue weighted by Crippen LogP contribution is 2.23. The Morgan fingerprint density at radius 3 is 2.26 bits per heavy atom. The average Bonchev–Trinajstić information content (AvgIpc) is 3.03. The zero-order chi connectivity index (χ0) is 33.3. The van der Waals surface area contributed by atoms with Crippen molar-refractivity contribution in [2.75, 3.05) is 31.1 Å². The number of aromatic nitrogens is 2. The number of carbonyl (C=O) groups excluding carboxylic acids is 2. The van der Waals surface area contributed by atoms with Crippen molar-refractivity contribution in [2.45, 2.75) is 71.6 Å². The molecule has 0 spiro atoms. The van der Waals surface area contributed by atoms with Gasteiger partial charge in [-0.3, -0.25) is 19.7 Å². The number of nitro benzene ring substituents is 1. The Bertz CT molecular complexity index is 1500. The van der Waals surface area contributed by atoms with Gasteiger partial charge in [-0.25, -0.2) is 9.78 Å². The second-order valence-electron chi connectivity index (χ2n) is 11.1. The number of H-pyrrole nitrogens is 1. The van der Waals surface area contributed by atoms with E-state index in [4.69, 9.17) is 4.74 Å². The van der Waals surface area contributed by atoms with Gasteiger partial charge in [0.2, 0.25) is 0 Å². The molecule has 13 heteroatoms. The van der Waals surface area contributed by atoms with Gasteiger partial charge in [0.25, 0.3) is 11.2 Å². The van der Waals surface area contributed by atoms with Crippen LogP contribution in [0.25, 0.3) is 0 Å². The third-order valence-electron chi connectivity index (χ3n) is 7.20. The van der Waals surface area contributed by atoms with Crippen molar-refractivity contribution in [3.63, 3.8) is 0 Å². The normalized spacial score (nSPS) is 11.1. The van der Waals surface area contributed by atoms with E-state index in [9.17, 15) is 24.5 Å². The second-order valence-corrected chi connectivity index (χ2v) is 11.1. The smallest absolute Gasteiger partial charge is 0.407 e. The number of amides is 1. The number of nitrogens with zero attached hydrogens (tertiary/aromatic N) is 5. The van der Waals surface area contributed by atoms with Gasteiger partial charge in [-0.05, 0) is 62.1 Å². The summed E-state index contributed by atoms with van der Waals surface area (Å²) in [7, 11) is 0. The highest BCUT2D eigenvalue weighted by atomic mass is 16.6. The van der Waals surface area contributed by atoms with E-state index in [1.165, 1.54) is 30.3 Å². The number of alkyl carbamates (subject to hydrolysis) is 1. The van der Waals surface area contributed by atoms with Crippen LogP contribution in [0.5, 0.6) is 0 Å². The Morgan fingerprint density at radius 1 is 1.00 bits per heavy atom. The number of ether oxygens (including phenoxy) is 1. The SMILES string of the molecule is CCN(CCOC(=O)NCCCCCCCC(=O)Cc1nc(C(C)C)cc(=O)[nH]1)c1ccc(N=Nc2ccc([N+](=O)[O-])cc2)cc1. The monoisotopic (exact) mass is 633 g/mol. The van der Waals surface area contributed by atoms with Gasteiger partial charge in [-0.1, -0.05) is 33.1 Å². The fraction of sp³-hybridized carbons (Fsp3) is 0.455. The fourth-order valence-corrected chi connectivity index (χ4v) is 4.61. The van der Waals surface area contributed by atoms with Gasteiger partial charge in [-0.15, -0.1) is 0 Å². The molecule has 246 valence electrons. The molecule has 0 atom stereocenters. The van der Waals surface area contributed by atoms with Crippen molar-refractivity contribution in [1.82, 2.24) is 15.3 Å². The molecule has 0 unspecified atom stereocenters. The van der Waals surface area contributed by atoms with Gasteiger partial charge in [-0.2, -0.15) is 10.2 Å². The molecular formula is C33H43N7O6. The quantitative estimate of drug-likeness (QED) is 0.0619. The molecule has 13 nitrogen and oxygen atoms in total. The van der Waals surface area contributed by atoms with Crippen LogP contribution >= 0.6 is 0 Å². The summed E-state index contributed by atoms with van der Waals surface area (Å²) < 4.78 is 5.35. The Labute approximate surface area is 268 Å². The number of nitrogens with one attached hydrogen (secondary N) is 2. The second kappa shape index (κ2) is 18.8. The zero-order valence-corrected chi connectivity index (χ0v) is 26.7. The third kappa shape index (κ3) is 12.6. The summed E-state index contributed by atoms with van der Waals surface area (Å²) in [6.45, 7) is 7.95. The molecular weight excluding hydrogens is 590 g/mol. The number of hydrogen-bond acceptors (Lipinski definition) is 10. The summed E-state index contributed by atoms with van der Waals surface area (Å²) in [5, 5.41) is 21.9. The number of nitro groups is 1. The lowest BCUT2D eigenvalue weighted by molar-refractivity contribution is -0.384.